The van der Waals surface area contributed by atoms with Gasteiger partial charge in [-0.05, 0) is 104 Å². The van der Waals surface area contributed by atoms with Gasteiger partial charge in [-0.25, -0.2) is 0 Å². The summed E-state index contributed by atoms with van der Waals surface area (Å²) in [6, 6.07) is 0. The van der Waals surface area contributed by atoms with Crippen molar-refractivity contribution in [2.75, 3.05) is 19.8 Å². The lowest BCUT2D eigenvalue weighted by Crippen LogP contribution is -2.69. The summed E-state index contributed by atoms with van der Waals surface area (Å²) in [6.45, 7) is 12.8. The number of rotatable bonds is 9. The molecule has 0 aromatic rings. The quantitative estimate of drug-likeness (QED) is 0.0758. The lowest BCUT2D eigenvalue weighted by molar-refractivity contribution is -0.361. The molecule has 67 heavy (non-hydrogen) atoms. The van der Waals surface area contributed by atoms with Gasteiger partial charge in [0.05, 0.1) is 43.5 Å². The Morgan fingerprint density at radius 1 is 0.657 bits per heavy atom. The highest BCUT2D eigenvalue weighted by molar-refractivity contribution is 5.79. The summed E-state index contributed by atoms with van der Waals surface area (Å²) in [5.41, 5.74) is -2.40. The second-order valence-electron chi connectivity index (χ2n) is 23.5. The molecule has 0 radical (unpaired) electrons. The van der Waals surface area contributed by atoms with Crippen molar-refractivity contribution in [3.63, 3.8) is 0 Å². The number of ether oxygens (including phenoxy) is 6. The molecule has 3 saturated heterocycles. The van der Waals surface area contributed by atoms with Crippen LogP contribution in [0.5, 0.6) is 0 Å². The van der Waals surface area contributed by atoms with E-state index in [1.54, 1.807) is 0 Å². The van der Waals surface area contributed by atoms with Gasteiger partial charge in [0.15, 0.2) is 18.7 Å². The number of esters is 1. The molecular formula is C48H78O19. The van der Waals surface area contributed by atoms with Gasteiger partial charge in [0.1, 0.15) is 61.0 Å². The van der Waals surface area contributed by atoms with E-state index in [2.05, 4.69) is 40.7 Å². The number of aliphatic hydroxyl groups is 12. The molecule has 25 unspecified atom stereocenters. The van der Waals surface area contributed by atoms with Crippen molar-refractivity contribution < 1.29 is 94.5 Å². The minimum Gasteiger partial charge on any atom is -0.432 e. The van der Waals surface area contributed by atoms with Crippen molar-refractivity contribution >= 4 is 5.97 Å². The first-order chi connectivity index (χ1) is 31.3. The monoisotopic (exact) mass is 959 g/mol. The fourth-order valence-corrected chi connectivity index (χ4v) is 15.1. The van der Waals surface area contributed by atoms with Gasteiger partial charge in [-0.1, -0.05) is 53.2 Å². The molecule has 19 nitrogen and oxygen atoms in total. The van der Waals surface area contributed by atoms with Gasteiger partial charge in [-0.15, -0.1) is 0 Å². The van der Waals surface area contributed by atoms with Crippen LogP contribution in [0, 0.1) is 50.2 Å². The Hall–Kier alpha value is -1.47. The third-order valence-corrected chi connectivity index (χ3v) is 19.4. The summed E-state index contributed by atoms with van der Waals surface area (Å²) in [4.78, 5) is 15.2. The van der Waals surface area contributed by atoms with Crippen LogP contribution in [0.3, 0.4) is 0 Å². The molecule has 0 spiro atoms. The van der Waals surface area contributed by atoms with Crippen LogP contribution >= 0.6 is 0 Å². The molecule has 0 aromatic heterocycles. The number of aliphatic hydroxyl groups excluding tert-OH is 12. The molecule has 5 aliphatic carbocycles. The fourth-order valence-electron chi connectivity index (χ4n) is 15.1. The smallest absolute Gasteiger partial charge is 0.315 e. The van der Waals surface area contributed by atoms with E-state index in [0.717, 1.165) is 12.0 Å². The molecule has 19 heteroatoms. The maximum atomic E-state index is 15.2. The summed E-state index contributed by atoms with van der Waals surface area (Å²) in [6.07, 6.45) is -18.0. The molecular weight excluding hydrogens is 881 g/mol. The van der Waals surface area contributed by atoms with Crippen LogP contribution in [-0.2, 0) is 33.2 Å². The lowest BCUT2D eigenvalue weighted by Gasteiger charge is -2.72. The predicted molar refractivity (Wildman–Crippen MR) is 232 cm³/mol. The summed E-state index contributed by atoms with van der Waals surface area (Å²) in [5.74, 6) is -1.04. The van der Waals surface area contributed by atoms with Crippen molar-refractivity contribution in [3.05, 3.63) is 11.6 Å². The third kappa shape index (κ3) is 8.01. The van der Waals surface area contributed by atoms with Gasteiger partial charge < -0.3 is 89.7 Å². The van der Waals surface area contributed by atoms with Crippen LogP contribution in [0.1, 0.15) is 106 Å². The van der Waals surface area contributed by atoms with E-state index in [-0.39, 0.29) is 35.2 Å². The first-order valence-corrected chi connectivity index (χ1v) is 24.4. The predicted octanol–water partition coefficient (Wildman–Crippen LogP) is -0.889. The van der Waals surface area contributed by atoms with Crippen LogP contribution in [0.15, 0.2) is 11.6 Å². The second-order valence-corrected chi connectivity index (χ2v) is 23.5. The number of fused-ring (bicyclic) bond motifs is 7. The van der Waals surface area contributed by atoms with Crippen LogP contribution in [-0.4, -0.2) is 191 Å². The molecule has 0 amide bonds. The van der Waals surface area contributed by atoms with E-state index >= 15 is 4.79 Å². The zero-order valence-corrected chi connectivity index (χ0v) is 39.8. The van der Waals surface area contributed by atoms with Crippen molar-refractivity contribution in [2.45, 2.75) is 211 Å². The largest absolute Gasteiger partial charge is 0.432 e. The van der Waals surface area contributed by atoms with Crippen LogP contribution in [0.4, 0.5) is 0 Å². The SMILES string of the molecule is CC1OC(OC2C(OC(=O)C34CCC(C)(C)CC3C3=CCC5C6(C)CC(O)C(OC7OC(CO)C(O)C(O)C7O)C(C)(CO)C6CCC5(C)C3(C)CC4)OC(CO)C(O)C2O)C(O)C(O)C1O. The van der Waals surface area contributed by atoms with Gasteiger partial charge in [0, 0.05) is 5.41 Å². The van der Waals surface area contributed by atoms with Gasteiger partial charge in [0.2, 0.25) is 6.29 Å². The van der Waals surface area contributed by atoms with Gasteiger partial charge in [-0.2, -0.15) is 0 Å². The Balaban J connectivity index is 1.08. The fraction of sp³-hybridized carbons (Fsp3) is 0.938. The molecule has 25 atom stereocenters. The summed E-state index contributed by atoms with van der Waals surface area (Å²) in [7, 11) is 0. The Morgan fingerprint density at radius 2 is 1.24 bits per heavy atom. The van der Waals surface area contributed by atoms with E-state index in [1.165, 1.54) is 6.92 Å². The standard InChI is InChI=1S/C48H78O19/c1-21-29(53)32(56)35(59)39(62-21)65-37-34(58)31(55)26(19-50)64-41(37)67-42(61)48-14-12-43(2,3)16-23(48)22-8-9-28-44(4)17-24(52)38(66-40-36(60)33(57)30(54)25(18-49)63-40)45(5,20-51)27(44)10-11-47(28,7)46(22,6)13-15-48/h8,21,23-41,49-60H,9-20H2,1-7H3. The average Bonchev–Trinajstić information content (AvgIpc) is 3.28. The second kappa shape index (κ2) is 18.2. The molecule has 3 heterocycles. The lowest BCUT2D eigenvalue weighted by atomic mass is 9.33. The van der Waals surface area contributed by atoms with Crippen LogP contribution < -0.4 is 0 Å². The van der Waals surface area contributed by atoms with Crippen molar-refractivity contribution in [2.24, 2.45) is 50.2 Å². The van der Waals surface area contributed by atoms with Gasteiger partial charge in [-0.3, -0.25) is 4.79 Å². The Kier molecular flexibility index (Phi) is 14.1. The zero-order valence-electron chi connectivity index (χ0n) is 39.8. The minimum absolute atomic E-state index is 0.00821. The maximum absolute atomic E-state index is 15.2. The highest BCUT2D eigenvalue weighted by Gasteiger charge is 2.71. The Morgan fingerprint density at radius 3 is 1.87 bits per heavy atom. The van der Waals surface area contributed by atoms with E-state index in [0.29, 0.717) is 51.4 Å². The highest BCUT2D eigenvalue weighted by atomic mass is 16.8. The number of carbonyl (C=O) groups is 1. The van der Waals surface area contributed by atoms with E-state index < -0.39 is 145 Å². The highest BCUT2D eigenvalue weighted by Crippen LogP contribution is 2.76. The Bertz CT molecular complexity index is 1830. The summed E-state index contributed by atoms with van der Waals surface area (Å²) >= 11 is 0. The summed E-state index contributed by atoms with van der Waals surface area (Å²) < 4.78 is 35.9. The Labute approximate surface area is 392 Å². The average molecular weight is 959 g/mol. The molecule has 0 aromatic carbocycles. The zero-order chi connectivity index (χ0) is 49.1. The van der Waals surface area contributed by atoms with Crippen molar-refractivity contribution in [3.8, 4) is 0 Å². The van der Waals surface area contributed by atoms with Gasteiger partial charge in [0.25, 0.3) is 0 Å². The molecule has 3 aliphatic heterocycles. The van der Waals surface area contributed by atoms with E-state index in [4.69, 9.17) is 28.4 Å². The van der Waals surface area contributed by atoms with Crippen molar-refractivity contribution in [1.29, 1.82) is 0 Å². The first-order valence-electron chi connectivity index (χ1n) is 24.4. The van der Waals surface area contributed by atoms with E-state index in [9.17, 15) is 61.3 Å². The maximum Gasteiger partial charge on any atom is 0.315 e. The molecule has 8 rings (SSSR count). The van der Waals surface area contributed by atoms with Gasteiger partial charge >= 0.3 is 5.97 Å². The molecule has 8 aliphatic rings. The first kappa shape index (κ1) is 51.9. The molecule has 4 saturated carbocycles. The number of hydrogen-bond acceptors (Lipinski definition) is 19. The summed E-state index contributed by atoms with van der Waals surface area (Å²) in [5, 5.41) is 129. The topological polar surface area (TPSA) is 315 Å². The molecule has 0 bridgehead atoms. The molecule has 12 N–H and O–H groups in total. The number of hydrogen-bond donors (Lipinski definition) is 12. The van der Waals surface area contributed by atoms with Crippen LogP contribution in [0.25, 0.3) is 0 Å². The number of carbonyl (C=O) groups excluding carboxylic acids is 1. The van der Waals surface area contributed by atoms with Crippen molar-refractivity contribution in [1.82, 2.24) is 0 Å². The van der Waals surface area contributed by atoms with E-state index in [1.807, 2.05) is 6.92 Å². The minimum atomic E-state index is -1.79. The molecule has 384 valence electrons. The number of allylic oxidation sites excluding steroid dienone is 2. The third-order valence-electron chi connectivity index (χ3n) is 19.4. The normalized spacial score (nSPS) is 55.2. The van der Waals surface area contributed by atoms with Crippen LogP contribution in [0.2, 0.25) is 0 Å². The molecule has 7 fully saturated rings.